The molecule has 1 N–H and O–H groups in total. The molecule has 4 heterocycles. The molecule has 11 nitrogen and oxygen atoms in total. The number of hydrogen-bond donors (Lipinski definition) is 1. The van der Waals surface area contributed by atoms with Gasteiger partial charge in [-0.2, -0.15) is 0 Å². The number of benzene rings is 2. The number of carbonyl (C=O) groups is 3. The second-order valence-electron chi connectivity index (χ2n) is 17.9. The number of fused-ring (bicyclic) bond motifs is 7. The summed E-state index contributed by atoms with van der Waals surface area (Å²) in [6, 6.07) is 11.8. The van der Waals surface area contributed by atoms with Gasteiger partial charge in [-0.3, -0.25) is 9.59 Å². The summed E-state index contributed by atoms with van der Waals surface area (Å²) < 4.78 is 41.5. The Balaban J connectivity index is 1.20. The number of aromatic nitrogens is 1. The van der Waals surface area contributed by atoms with Crippen LogP contribution in [0.15, 0.2) is 36.4 Å². The van der Waals surface area contributed by atoms with E-state index in [-0.39, 0.29) is 28.9 Å². The molecule has 54 heavy (non-hydrogen) atoms. The van der Waals surface area contributed by atoms with Crippen molar-refractivity contribution in [3.63, 3.8) is 0 Å². The van der Waals surface area contributed by atoms with Crippen LogP contribution in [0.2, 0.25) is 0 Å². The summed E-state index contributed by atoms with van der Waals surface area (Å²) in [5.74, 6) is 0.547. The van der Waals surface area contributed by atoms with Crippen molar-refractivity contribution in [1.82, 2.24) is 19.1 Å². The monoisotopic (exact) mass is 758 g/mol. The molecule has 2 saturated carbocycles. The molecule has 0 bridgehead atoms. The van der Waals surface area contributed by atoms with Crippen molar-refractivity contribution in [2.45, 2.75) is 115 Å². The second kappa shape index (κ2) is 13.0. The minimum Gasteiger partial charge on any atom is -0.497 e. The summed E-state index contributed by atoms with van der Waals surface area (Å²) in [7, 11) is -2.16. The highest BCUT2D eigenvalue weighted by atomic mass is 32.2. The maximum atomic E-state index is 15.1. The number of amides is 3. The minimum atomic E-state index is -3.84. The molecule has 0 radical (unpaired) electrons. The Labute approximate surface area is 318 Å². The van der Waals surface area contributed by atoms with Gasteiger partial charge in [0.25, 0.3) is 5.91 Å². The Morgan fingerprint density at radius 2 is 1.63 bits per heavy atom. The summed E-state index contributed by atoms with van der Waals surface area (Å²) in [6.07, 6.45) is 7.70. The van der Waals surface area contributed by atoms with Crippen LogP contribution < -0.4 is 9.46 Å². The number of ether oxygens (including phenoxy) is 2. The number of nitrogens with zero attached hydrogens (tertiary/aromatic N) is 3. The third-order valence-corrected chi connectivity index (χ3v) is 14.6. The maximum Gasteiger partial charge on any atom is 0.410 e. The zero-order valence-electron chi connectivity index (χ0n) is 32.5. The lowest BCUT2D eigenvalue weighted by atomic mass is 9.81. The number of rotatable bonds is 6. The Bertz CT molecular complexity index is 2150. The highest BCUT2D eigenvalue weighted by Gasteiger charge is 2.65. The number of carbonyl (C=O) groups excluding carboxylic acids is 3. The van der Waals surface area contributed by atoms with Gasteiger partial charge in [0.2, 0.25) is 15.9 Å². The first kappa shape index (κ1) is 36.9. The molecule has 290 valence electrons. The lowest BCUT2D eigenvalue weighted by Gasteiger charge is -2.28. The largest absolute Gasteiger partial charge is 0.497 e. The summed E-state index contributed by atoms with van der Waals surface area (Å²) in [5, 5.41) is 0.296. The molecule has 2 saturated heterocycles. The fraction of sp³-hybridized carbons (Fsp3) is 0.595. The lowest BCUT2D eigenvalue weighted by molar-refractivity contribution is -0.137. The molecule has 8 rings (SSSR count). The normalized spacial score (nSPS) is 25.4. The van der Waals surface area contributed by atoms with Crippen LogP contribution in [0.25, 0.3) is 22.2 Å². The zero-order chi connectivity index (χ0) is 38.4. The van der Waals surface area contributed by atoms with Crippen LogP contribution in [-0.4, -0.2) is 84.8 Å². The molecule has 5 aliphatic rings. The smallest absolute Gasteiger partial charge is 0.410 e. The maximum absolute atomic E-state index is 15.1. The van der Waals surface area contributed by atoms with Crippen LogP contribution in [0, 0.1) is 10.8 Å². The molecule has 3 aromatic rings. The first-order valence-electron chi connectivity index (χ1n) is 19.7. The van der Waals surface area contributed by atoms with Crippen molar-refractivity contribution in [1.29, 1.82) is 0 Å². The highest BCUT2D eigenvalue weighted by Crippen LogP contribution is 2.66. The summed E-state index contributed by atoms with van der Waals surface area (Å²) in [6.45, 7) is 11.6. The van der Waals surface area contributed by atoms with Crippen LogP contribution in [0.3, 0.4) is 0 Å². The van der Waals surface area contributed by atoms with E-state index in [0.717, 1.165) is 72.0 Å². The van der Waals surface area contributed by atoms with E-state index < -0.39 is 32.2 Å². The molecule has 12 heteroatoms. The van der Waals surface area contributed by atoms with Gasteiger partial charge < -0.3 is 23.8 Å². The molecule has 1 spiro atoms. The molecule has 2 aromatic carbocycles. The van der Waals surface area contributed by atoms with Gasteiger partial charge in [-0.1, -0.05) is 25.3 Å². The van der Waals surface area contributed by atoms with E-state index in [1.807, 2.05) is 43.9 Å². The fourth-order valence-corrected chi connectivity index (χ4v) is 10.5. The topological polar surface area (TPSA) is 127 Å². The first-order chi connectivity index (χ1) is 25.5. The summed E-state index contributed by atoms with van der Waals surface area (Å²) in [5.41, 5.74) is 4.27. The van der Waals surface area contributed by atoms with E-state index in [1.54, 1.807) is 31.9 Å². The molecule has 3 atom stereocenters. The molecule has 2 aliphatic carbocycles. The zero-order valence-corrected chi connectivity index (χ0v) is 33.3. The van der Waals surface area contributed by atoms with E-state index in [1.165, 1.54) is 12.0 Å². The summed E-state index contributed by atoms with van der Waals surface area (Å²) >= 11 is 0. The first-order valence-corrected chi connectivity index (χ1v) is 21.3. The van der Waals surface area contributed by atoms with Crippen LogP contribution in [0.5, 0.6) is 5.75 Å². The number of sulfonamides is 1. The van der Waals surface area contributed by atoms with E-state index in [2.05, 4.69) is 21.4 Å². The van der Waals surface area contributed by atoms with Gasteiger partial charge in [0.15, 0.2) is 0 Å². The van der Waals surface area contributed by atoms with E-state index in [0.29, 0.717) is 45.1 Å². The van der Waals surface area contributed by atoms with Gasteiger partial charge in [-0.15, -0.1) is 0 Å². The van der Waals surface area contributed by atoms with Crippen LogP contribution >= 0.6 is 0 Å². The van der Waals surface area contributed by atoms with E-state index in [9.17, 15) is 18.0 Å². The number of methoxy groups -OCH3 is 1. The third-order valence-electron chi connectivity index (χ3n) is 12.9. The Kier molecular flexibility index (Phi) is 8.90. The average Bonchev–Trinajstić information content (AvgIpc) is 3.37. The molecule has 3 aliphatic heterocycles. The van der Waals surface area contributed by atoms with Crippen molar-refractivity contribution in [2.24, 2.45) is 10.8 Å². The van der Waals surface area contributed by atoms with Gasteiger partial charge in [-0.25, -0.2) is 17.9 Å². The molecule has 3 unspecified atom stereocenters. The number of likely N-dealkylation sites (tertiary alicyclic amines) is 2. The quantitative estimate of drug-likeness (QED) is 0.282. The van der Waals surface area contributed by atoms with Gasteiger partial charge in [0.1, 0.15) is 11.4 Å². The van der Waals surface area contributed by atoms with Crippen molar-refractivity contribution in [3.05, 3.63) is 53.1 Å². The van der Waals surface area contributed by atoms with Gasteiger partial charge in [0.05, 0.1) is 23.5 Å². The molecular formula is C42H54N4O7S. The Morgan fingerprint density at radius 1 is 0.926 bits per heavy atom. The highest BCUT2D eigenvalue weighted by molar-refractivity contribution is 7.90. The number of nitrogens with one attached hydrogen (secondary N) is 1. The van der Waals surface area contributed by atoms with Crippen LogP contribution in [-0.2, 0) is 26.1 Å². The molecule has 4 fully saturated rings. The van der Waals surface area contributed by atoms with Crippen molar-refractivity contribution in [3.8, 4) is 17.0 Å². The Morgan fingerprint density at radius 3 is 2.31 bits per heavy atom. The van der Waals surface area contributed by atoms with Gasteiger partial charge >= 0.3 is 6.09 Å². The van der Waals surface area contributed by atoms with Crippen molar-refractivity contribution < 1.29 is 32.3 Å². The minimum absolute atomic E-state index is 0.00897. The van der Waals surface area contributed by atoms with Crippen molar-refractivity contribution >= 4 is 38.8 Å². The molecular weight excluding hydrogens is 705 g/mol. The van der Waals surface area contributed by atoms with Crippen LogP contribution in [0.1, 0.15) is 119 Å². The van der Waals surface area contributed by atoms with Gasteiger partial charge in [0, 0.05) is 66.1 Å². The standard InChI is InChI=1S/C42H54N4O7S/c1-26(2)54(50,51)43-37(47)28-12-14-31-34(20-28)46-25-42(38(48)44-18-16-41(23-44)17-19-45(24-41)39(49)53-40(3,4)5)22-33(42)32-21-29(52-6)13-15-30(32)36(46)35(31)27-10-8-7-9-11-27/h12-15,20-21,26-27,33H,7-11,16-19,22-25H2,1-6H3,(H,43,47). The number of hydrogen-bond acceptors (Lipinski definition) is 7. The van der Waals surface area contributed by atoms with Gasteiger partial charge in [-0.05, 0) is 114 Å². The SMILES string of the molecule is COc1ccc2c(c1)C1CC1(C(=O)N1CCC3(CCN(C(=O)OC(C)(C)C)C3)C1)Cn1c-2c(C2CCCCC2)c2ccc(C(=O)NS(=O)(=O)C(C)C)cc21. The average molecular weight is 759 g/mol. The predicted molar refractivity (Wildman–Crippen MR) is 207 cm³/mol. The second-order valence-corrected chi connectivity index (χ2v) is 20.2. The predicted octanol–water partition coefficient (Wildman–Crippen LogP) is 7.18. The van der Waals surface area contributed by atoms with Crippen molar-refractivity contribution in [2.75, 3.05) is 33.3 Å². The molecule has 3 amide bonds. The fourth-order valence-electron chi connectivity index (χ4n) is 9.90. The van der Waals surface area contributed by atoms with E-state index in [4.69, 9.17) is 9.47 Å². The lowest BCUT2D eigenvalue weighted by Crippen LogP contribution is -2.41. The summed E-state index contributed by atoms with van der Waals surface area (Å²) in [4.78, 5) is 45.4. The third kappa shape index (κ3) is 6.26. The van der Waals surface area contributed by atoms with E-state index >= 15 is 4.79 Å². The molecule has 1 aromatic heterocycles. The Hall–Kier alpha value is -4.06. The van der Waals surface area contributed by atoms with Crippen LogP contribution in [0.4, 0.5) is 4.79 Å².